The Morgan fingerprint density at radius 1 is 1.29 bits per heavy atom. The second-order valence-corrected chi connectivity index (χ2v) is 8.34. The summed E-state index contributed by atoms with van der Waals surface area (Å²) >= 11 is 0. The highest BCUT2D eigenvalue weighted by molar-refractivity contribution is 5.87. The highest BCUT2D eigenvalue weighted by atomic mass is 16.7. The number of hydrogen-bond donors (Lipinski definition) is 1. The van der Waals surface area contributed by atoms with Crippen molar-refractivity contribution in [3.05, 3.63) is 12.2 Å². The van der Waals surface area contributed by atoms with E-state index in [-0.39, 0.29) is 23.4 Å². The average Bonchev–Trinajstić information content (AvgIpc) is 2.46. The van der Waals surface area contributed by atoms with Crippen LogP contribution in [0.5, 0.6) is 0 Å². The Labute approximate surface area is 146 Å². The standard InChI is InChI=1S/C19H34O5/c1-8-19(11-22-13-23-12-19)10-17(4,5)15(9-20)18(6,7)24-16(21)14(2)3/h15,20H,2,8-13H2,1,3-7H3. The van der Waals surface area contributed by atoms with Crippen LogP contribution in [0.4, 0.5) is 0 Å². The summed E-state index contributed by atoms with van der Waals surface area (Å²) in [5.74, 6) is -0.651. The molecule has 0 amide bonds. The van der Waals surface area contributed by atoms with E-state index in [1.165, 1.54) is 0 Å². The first kappa shape index (κ1) is 21.1. The van der Waals surface area contributed by atoms with Crippen LogP contribution in [-0.4, -0.2) is 43.3 Å². The molecule has 5 heteroatoms. The van der Waals surface area contributed by atoms with Crippen LogP contribution in [0.15, 0.2) is 12.2 Å². The SMILES string of the molecule is C=C(C)C(=O)OC(C)(C)C(CO)C(C)(C)CC1(CC)COCOC1. The van der Waals surface area contributed by atoms with Crippen molar-refractivity contribution in [2.75, 3.05) is 26.6 Å². The summed E-state index contributed by atoms with van der Waals surface area (Å²) in [5, 5.41) is 10.1. The molecule has 24 heavy (non-hydrogen) atoms. The van der Waals surface area contributed by atoms with Gasteiger partial charge in [-0.15, -0.1) is 0 Å². The van der Waals surface area contributed by atoms with Crippen LogP contribution in [0.3, 0.4) is 0 Å². The van der Waals surface area contributed by atoms with Gasteiger partial charge in [-0.1, -0.05) is 27.4 Å². The minimum atomic E-state index is -0.806. The first-order valence-electron chi connectivity index (χ1n) is 8.65. The van der Waals surface area contributed by atoms with Crippen LogP contribution in [0, 0.1) is 16.7 Å². The molecule has 1 rings (SSSR count). The summed E-state index contributed by atoms with van der Waals surface area (Å²) in [6.45, 7) is 16.9. The number of esters is 1. The number of hydrogen-bond acceptors (Lipinski definition) is 5. The van der Waals surface area contributed by atoms with Gasteiger partial charge in [-0.2, -0.15) is 0 Å². The highest BCUT2D eigenvalue weighted by Crippen LogP contribution is 2.47. The molecular weight excluding hydrogens is 308 g/mol. The molecule has 1 atom stereocenters. The molecule has 140 valence electrons. The maximum atomic E-state index is 12.0. The van der Waals surface area contributed by atoms with E-state index in [0.717, 1.165) is 12.8 Å². The van der Waals surface area contributed by atoms with Gasteiger partial charge in [0.25, 0.3) is 0 Å². The van der Waals surface area contributed by atoms with E-state index in [4.69, 9.17) is 14.2 Å². The van der Waals surface area contributed by atoms with E-state index in [1.807, 2.05) is 13.8 Å². The third-order valence-corrected chi connectivity index (χ3v) is 5.23. The third-order valence-electron chi connectivity index (χ3n) is 5.23. The Morgan fingerprint density at radius 3 is 2.25 bits per heavy atom. The van der Waals surface area contributed by atoms with Crippen LogP contribution in [0.1, 0.15) is 54.4 Å². The molecule has 1 heterocycles. The van der Waals surface area contributed by atoms with Gasteiger partial charge in [-0.25, -0.2) is 4.79 Å². The van der Waals surface area contributed by atoms with Crippen molar-refractivity contribution >= 4 is 5.97 Å². The molecule has 0 aromatic heterocycles. The highest BCUT2D eigenvalue weighted by Gasteiger charge is 2.47. The van der Waals surface area contributed by atoms with E-state index in [9.17, 15) is 9.90 Å². The van der Waals surface area contributed by atoms with Gasteiger partial charge in [0.2, 0.25) is 0 Å². The molecule has 1 aliphatic heterocycles. The van der Waals surface area contributed by atoms with E-state index in [0.29, 0.717) is 25.6 Å². The van der Waals surface area contributed by atoms with Crippen molar-refractivity contribution in [1.29, 1.82) is 0 Å². The molecule has 5 nitrogen and oxygen atoms in total. The van der Waals surface area contributed by atoms with E-state index in [1.54, 1.807) is 6.92 Å². The van der Waals surface area contributed by atoms with Gasteiger partial charge in [0.1, 0.15) is 12.4 Å². The van der Waals surface area contributed by atoms with Crippen LogP contribution in [0.25, 0.3) is 0 Å². The van der Waals surface area contributed by atoms with Gasteiger partial charge < -0.3 is 19.3 Å². The zero-order valence-corrected chi connectivity index (χ0v) is 16.1. The van der Waals surface area contributed by atoms with Crippen molar-refractivity contribution in [1.82, 2.24) is 0 Å². The van der Waals surface area contributed by atoms with Gasteiger partial charge >= 0.3 is 5.97 Å². The first-order valence-corrected chi connectivity index (χ1v) is 8.65. The molecule has 0 saturated carbocycles. The molecule has 0 bridgehead atoms. The maximum absolute atomic E-state index is 12.0. The summed E-state index contributed by atoms with van der Waals surface area (Å²) < 4.78 is 16.7. The van der Waals surface area contributed by atoms with E-state index in [2.05, 4.69) is 27.4 Å². The number of ether oxygens (including phenoxy) is 3. The zero-order chi connectivity index (χ0) is 18.6. The number of rotatable bonds is 8. The molecule has 1 unspecified atom stereocenters. The lowest BCUT2D eigenvalue weighted by molar-refractivity contribution is -0.189. The van der Waals surface area contributed by atoms with Crippen LogP contribution in [-0.2, 0) is 19.0 Å². The molecule has 0 aromatic carbocycles. The van der Waals surface area contributed by atoms with Crippen molar-refractivity contribution < 1.29 is 24.1 Å². The molecule has 0 radical (unpaired) electrons. The van der Waals surface area contributed by atoms with Crippen LogP contribution >= 0.6 is 0 Å². The monoisotopic (exact) mass is 342 g/mol. The summed E-state index contributed by atoms with van der Waals surface area (Å²) in [6, 6.07) is 0. The molecule has 1 N–H and O–H groups in total. The number of aliphatic hydroxyl groups excluding tert-OH is 1. The Morgan fingerprint density at radius 2 is 1.83 bits per heavy atom. The van der Waals surface area contributed by atoms with Crippen LogP contribution < -0.4 is 0 Å². The van der Waals surface area contributed by atoms with Crippen molar-refractivity contribution in [3.63, 3.8) is 0 Å². The predicted octanol–water partition coefficient (Wildman–Crippen LogP) is 3.31. The Bertz CT molecular complexity index is 447. The molecule has 0 aromatic rings. The average molecular weight is 342 g/mol. The quantitative estimate of drug-likeness (QED) is 0.541. The predicted molar refractivity (Wildman–Crippen MR) is 93.5 cm³/mol. The van der Waals surface area contributed by atoms with Crippen molar-refractivity contribution in [3.8, 4) is 0 Å². The Kier molecular flexibility index (Phi) is 7.03. The minimum Gasteiger partial charge on any atom is -0.456 e. The van der Waals surface area contributed by atoms with Gasteiger partial charge in [0.15, 0.2) is 0 Å². The molecule has 0 aliphatic carbocycles. The maximum Gasteiger partial charge on any atom is 0.333 e. The summed E-state index contributed by atoms with van der Waals surface area (Å²) in [5.41, 5.74) is -0.798. The smallest absolute Gasteiger partial charge is 0.333 e. The van der Waals surface area contributed by atoms with Crippen LogP contribution in [0.2, 0.25) is 0 Å². The van der Waals surface area contributed by atoms with Crippen molar-refractivity contribution in [2.45, 2.75) is 60.0 Å². The zero-order valence-electron chi connectivity index (χ0n) is 16.1. The summed E-state index contributed by atoms with van der Waals surface area (Å²) in [7, 11) is 0. The summed E-state index contributed by atoms with van der Waals surface area (Å²) in [4.78, 5) is 12.0. The molecule has 1 aliphatic rings. The van der Waals surface area contributed by atoms with E-state index >= 15 is 0 Å². The van der Waals surface area contributed by atoms with Gasteiger partial charge in [-0.3, -0.25) is 0 Å². The fraction of sp³-hybridized carbons (Fsp3) is 0.842. The lowest BCUT2D eigenvalue weighted by atomic mass is 9.62. The third kappa shape index (κ3) is 5.04. The lowest BCUT2D eigenvalue weighted by Crippen LogP contribution is -2.50. The number of aliphatic hydroxyl groups is 1. The fourth-order valence-corrected chi connectivity index (χ4v) is 3.94. The lowest BCUT2D eigenvalue weighted by Gasteiger charge is -2.48. The largest absolute Gasteiger partial charge is 0.456 e. The topological polar surface area (TPSA) is 65.0 Å². The molecule has 0 spiro atoms. The molecule has 1 fully saturated rings. The molecule has 1 saturated heterocycles. The number of carbonyl (C=O) groups is 1. The Balaban J connectivity index is 2.98. The Hall–Kier alpha value is -0.910. The second kappa shape index (κ2) is 7.98. The fourth-order valence-electron chi connectivity index (χ4n) is 3.94. The van der Waals surface area contributed by atoms with Crippen molar-refractivity contribution in [2.24, 2.45) is 16.7 Å². The minimum absolute atomic E-state index is 0.0645. The summed E-state index contributed by atoms with van der Waals surface area (Å²) in [6.07, 6.45) is 1.75. The molecular formula is C19H34O5. The van der Waals surface area contributed by atoms with E-state index < -0.39 is 11.6 Å². The van der Waals surface area contributed by atoms with Gasteiger partial charge in [-0.05, 0) is 39.0 Å². The number of carbonyl (C=O) groups excluding carboxylic acids is 1. The first-order chi connectivity index (χ1) is 11.0. The normalized spacial score (nSPS) is 19.6. The van der Waals surface area contributed by atoms with Gasteiger partial charge in [0, 0.05) is 16.9 Å². The second-order valence-electron chi connectivity index (χ2n) is 8.34. The van der Waals surface area contributed by atoms with Gasteiger partial charge in [0.05, 0.1) is 19.8 Å².